The number of aliphatic hydroxyl groups is 1. The largest absolute Gasteiger partial charge is 0.396 e. The van der Waals surface area contributed by atoms with Crippen molar-refractivity contribution in [3.05, 3.63) is 59.9 Å². The topological polar surface area (TPSA) is 43.8 Å². The molecule has 0 spiro atoms. The van der Waals surface area contributed by atoms with Crippen LogP contribution in [0.5, 0.6) is 0 Å². The highest BCUT2D eigenvalue weighted by molar-refractivity contribution is 6.01. The molecule has 2 aromatic carbocycles. The quantitative estimate of drug-likeness (QED) is 0.879. The zero-order valence-corrected chi connectivity index (χ0v) is 15.9. The highest BCUT2D eigenvalue weighted by Gasteiger charge is 2.31. The van der Waals surface area contributed by atoms with Gasteiger partial charge in [0.15, 0.2) is 0 Å². The highest BCUT2D eigenvalue weighted by atomic mass is 19.1. The third-order valence-corrected chi connectivity index (χ3v) is 5.11. The predicted molar refractivity (Wildman–Crippen MR) is 105 cm³/mol. The second-order valence-electron chi connectivity index (χ2n) is 7.68. The maximum absolute atomic E-state index is 13.3. The predicted octanol–water partition coefficient (Wildman–Crippen LogP) is 3.12. The number of hydrogen-bond donors (Lipinski definition) is 1. The Balaban J connectivity index is 1.87. The van der Waals surface area contributed by atoms with Gasteiger partial charge in [-0.15, -0.1) is 0 Å². The van der Waals surface area contributed by atoms with Crippen LogP contribution in [0.4, 0.5) is 4.39 Å². The number of aliphatic hydroxyl groups excluding tert-OH is 1. The van der Waals surface area contributed by atoms with E-state index in [0.717, 1.165) is 24.1 Å². The molecule has 4 nitrogen and oxygen atoms in total. The van der Waals surface area contributed by atoms with E-state index in [-0.39, 0.29) is 24.2 Å². The van der Waals surface area contributed by atoms with E-state index in [1.807, 2.05) is 43.3 Å². The van der Waals surface area contributed by atoms with Gasteiger partial charge in [-0.2, -0.15) is 0 Å². The second kappa shape index (κ2) is 8.63. The maximum atomic E-state index is 13.3. The summed E-state index contributed by atoms with van der Waals surface area (Å²) >= 11 is 0. The van der Waals surface area contributed by atoms with Crippen LogP contribution >= 0.6 is 0 Å². The molecular formula is C22H27FN2O2. The van der Waals surface area contributed by atoms with Gasteiger partial charge in [0, 0.05) is 31.8 Å². The number of carbonyl (C=O) groups excluding carboxylic acids is 1. The average molecular weight is 370 g/mol. The van der Waals surface area contributed by atoms with Crippen molar-refractivity contribution in [1.82, 2.24) is 9.80 Å². The monoisotopic (exact) mass is 370 g/mol. The molecule has 1 fully saturated rings. The molecule has 27 heavy (non-hydrogen) atoms. The summed E-state index contributed by atoms with van der Waals surface area (Å²) in [5, 5.41) is 9.68. The number of hydrogen-bond acceptors (Lipinski definition) is 3. The lowest BCUT2D eigenvalue weighted by Gasteiger charge is -2.38. The number of piperidine rings is 1. The molecule has 1 aliphatic rings. The van der Waals surface area contributed by atoms with Crippen molar-refractivity contribution >= 4 is 5.91 Å². The third-order valence-electron chi connectivity index (χ3n) is 5.11. The van der Waals surface area contributed by atoms with Crippen molar-refractivity contribution in [3.63, 3.8) is 0 Å². The number of likely N-dealkylation sites (tertiary alicyclic amines) is 1. The number of rotatable bonds is 5. The standard InChI is InChI=1S/C22H27FN2O2/c1-24(2)12-16-11-17(15-26)14-25(13-16)22(27)21-6-4-3-5-20(21)18-7-9-19(23)10-8-18/h3-10,16-17,26H,11-15H2,1-2H3/t16-,17-/m0/s1. The lowest BCUT2D eigenvalue weighted by atomic mass is 9.88. The zero-order chi connectivity index (χ0) is 19.4. The Bertz CT molecular complexity index is 776. The van der Waals surface area contributed by atoms with Crippen LogP contribution in [-0.4, -0.2) is 61.2 Å². The molecule has 2 atom stereocenters. The molecule has 0 bridgehead atoms. The van der Waals surface area contributed by atoms with E-state index in [4.69, 9.17) is 0 Å². The van der Waals surface area contributed by atoms with Gasteiger partial charge in [-0.25, -0.2) is 4.39 Å². The Kier molecular flexibility index (Phi) is 6.24. The first-order valence-electron chi connectivity index (χ1n) is 9.37. The number of halogens is 1. The molecule has 3 rings (SSSR count). The molecule has 1 N–H and O–H groups in total. The summed E-state index contributed by atoms with van der Waals surface area (Å²) in [6.45, 7) is 2.23. The van der Waals surface area contributed by atoms with Crippen LogP contribution in [0.3, 0.4) is 0 Å². The fourth-order valence-electron chi connectivity index (χ4n) is 3.99. The summed E-state index contributed by atoms with van der Waals surface area (Å²) in [6, 6.07) is 13.7. The van der Waals surface area contributed by atoms with Gasteiger partial charge in [0.2, 0.25) is 0 Å². The number of nitrogens with zero attached hydrogens (tertiary/aromatic N) is 2. The van der Waals surface area contributed by atoms with Gasteiger partial charge in [-0.05, 0) is 61.7 Å². The third kappa shape index (κ3) is 4.73. The fraction of sp³-hybridized carbons (Fsp3) is 0.409. The van der Waals surface area contributed by atoms with Gasteiger partial charge in [0.05, 0.1) is 0 Å². The first-order valence-corrected chi connectivity index (χ1v) is 9.37. The molecule has 144 valence electrons. The fourth-order valence-corrected chi connectivity index (χ4v) is 3.99. The van der Waals surface area contributed by atoms with Crippen LogP contribution in [-0.2, 0) is 0 Å². The Morgan fingerprint density at radius 2 is 1.78 bits per heavy atom. The molecular weight excluding hydrogens is 343 g/mol. The van der Waals surface area contributed by atoms with E-state index in [1.165, 1.54) is 12.1 Å². The van der Waals surface area contributed by atoms with Crippen molar-refractivity contribution < 1.29 is 14.3 Å². The van der Waals surface area contributed by atoms with Crippen molar-refractivity contribution in [2.24, 2.45) is 11.8 Å². The summed E-state index contributed by atoms with van der Waals surface area (Å²) in [5.41, 5.74) is 2.24. The summed E-state index contributed by atoms with van der Waals surface area (Å²) < 4.78 is 13.3. The molecule has 0 aromatic heterocycles. The summed E-state index contributed by atoms with van der Waals surface area (Å²) in [4.78, 5) is 17.3. The second-order valence-corrected chi connectivity index (χ2v) is 7.68. The van der Waals surface area contributed by atoms with E-state index in [9.17, 15) is 14.3 Å². The molecule has 5 heteroatoms. The molecule has 1 aliphatic heterocycles. The lowest BCUT2D eigenvalue weighted by Crippen LogP contribution is -2.47. The van der Waals surface area contributed by atoms with Gasteiger partial charge < -0.3 is 14.9 Å². The number of benzene rings is 2. The zero-order valence-electron chi connectivity index (χ0n) is 15.9. The Labute approximate surface area is 160 Å². The van der Waals surface area contributed by atoms with Crippen molar-refractivity contribution in [1.29, 1.82) is 0 Å². The molecule has 0 aliphatic carbocycles. The smallest absolute Gasteiger partial charge is 0.254 e. The SMILES string of the molecule is CN(C)C[C@@H]1C[C@H](CO)CN(C(=O)c2ccccc2-c2ccc(F)cc2)C1. The van der Waals surface area contributed by atoms with E-state index in [1.54, 1.807) is 12.1 Å². The van der Waals surface area contributed by atoms with E-state index < -0.39 is 0 Å². The van der Waals surface area contributed by atoms with E-state index >= 15 is 0 Å². The van der Waals surface area contributed by atoms with Crippen LogP contribution in [0.2, 0.25) is 0 Å². The first kappa shape index (κ1) is 19.5. The maximum Gasteiger partial charge on any atom is 0.254 e. The molecule has 2 aromatic rings. The Hall–Kier alpha value is -2.24. The summed E-state index contributed by atoms with van der Waals surface area (Å²) in [6.07, 6.45) is 0.929. The minimum atomic E-state index is -0.295. The molecule has 1 amide bonds. The van der Waals surface area contributed by atoms with Crippen LogP contribution in [0.1, 0.15) is 16.8 Å². The number of amides is 1. The lowest BCUT2D eigenvalue weighted by molar-refractivity contribution is 0.0478. The Morgan fingerprint density at radius 3 is 2.44 bits per heavy atom. The van der Waals surface area contributed by atoms with E-state index in [0.29, 0.717) is 24.6 Å². The van der Waals surface area contributed by atoms with E-state index in [2.05, 4.69) is 4.90 Å². The van der Waals surface area contributed by atoms with Gasteiger partial charge >= 0.3 is 0 Å². The molecule has 0 saturated carbocycles. The summed E-state index contributed by atoms with van der Waals surface area (Å²) in [7, 11) is 4.05. The first-order chi connectivity index (χ1) is 13.0. The minimum absolute atomic E-state index is 0.0307. The van der Waals surface area contributed by atoms with Crippen molar-refractivity contribution in [2.45, 2.75) is 6.42 Å². The van der Waals surface area contributed by atoms with Crippen molar-refractivity contribution in [2.75, 3.05) is 40.3 Å². The normalized spacial score (nSPS) is 20.1. The van der Waals surface area contributed by atoms with Gasteiger partial charge in [0.25, 0.3) is 5.91 Å². The highest BCUT2D eigenvalue weighted by Crippen LogP contribution is 2.28. The molecule has 0 radical (unpaired) electrons. The van der Waals surface area contributed by atoms with Crippen LogP contribution in [0.25, 0.3) is 11.1 Å². The van der Waals surface area contributed by atoms with Gasteiger partial charge in [-0.3, -0.25) is 4.79 Å². The van der Waals surface area contributed by atoms with Crippen LogP contribution in [0.15, 0.2) is 48.5 Å². The number of carbonyl (C=O) groups is 1. The van der Waals surface area contributed by atoms with Crippen LogP contribution in [0, 0.1) is 17.7 Å². The van der Waals surface area contributed by atoms with Gasteiger partial charge in [0.1, 0.15) is 5.82 Å². The molecule has 0 unspecified atom stereocenters. The van der Waals surface area contributed by atoms with Gasteiger partial charge in [-0.1, -0.05) is 30.3 Å². The minimum Gasteiger partial charge on any atom is -0.396 e. The average Bonchev–Trinajstić information content (AvgIpc) is 2.67. The molecule has 1 saturated heterocycles. The summed E-state index contributed by atoms with van der Waals surface area (Å²) in [5.74, 6) is 0.117. The molecule has 1 heterocycles. The van der Waals surface area contributed by atoms with Crippen molar-refractivity contribution in [3.8, 4) is 11.1 Å². The van der Waals surface area contributed by atoms with Crippen LogP contribution < -0.4 is 0 Å². The Morgan fingerprint density at radius 1 is 1.11 bits per heavy atom.